The molecule has 0 aromatic carbocycles. The number of aromatic nitrogens is 2. The first kappa shape index (κ1) is 8.00. The molecule has 1 rings (SSSR count). The normalized spacial score (nSPS) is 10.0. The molecule has 0 aliphatic heterocycles. The standard InChI is InChI=1S/C5H6ClN3O2/c1-2-8-3-4(9(10)11)7-5(8)6/h3H,2H2,1H3. The Balaban J connectivity index is 3.05. The van der Waals surface area contributed by atoms with E-state index in [4.69, 9.17) is 11.6 Å². The first-order valence-corrected chi connectivity index (χ1v) is 3.40. The zero-order valence-electron chi connectivity index (χ0n) is 5.82. The van der Waals surface area contributed by atoms with E-state index < -0.39 is 4.92 Å². The van der Waals surface area contributed by atoms with Gasteiger partial charge in [-0.2, -0.15) is 0 Å². The molecule has 1 aromatic heterocycles. The summed E-state index contributed by atoms with van der Waals surface area (Å²) < 4.78 is 1.50. The molecule has 0 spiro atoms. The van der Waals surface area contributed by atoms with E-state index in [2.05, 4.69) is 4.98 Å². The molecular weight excluding hydrogens is 170 g/mol. The fourth-order valence-electron chi connectivity index (χ4n) is 0.690. The van der Waals surface area contributed by atoms with Gasteiger partial charge in [-0.05, 0) is 28.4 Å². The minimum Gasteiger partial charge on any atom is -0.358 e. The Labute approximate surface area is 67.8 Å². The van der Waals surface area contributed by atoms with Crippen LogP contribution in [0.4, 0.5) is 5.82 Å². The van der Waals surface area contributed by atoms with E-state index in [0.717, 1.165) is 0 Å². The minimum atomic E-state index is -0.571. The second-order valence-corrected chi connectivity index (χ2v) is 2.25. The van der Waals surface area contributed by atoms with Crippen molar-refractivity contribution in [2.24, 2.45) is 0 Å². The molecule has 0 fully saturated rings. The summed E-state index contributed by atoms with van der Waals surface area (Å²) in [6, 6.07) is 0. The van der Waals surface area contributed by atoms with E-state index in [0.29, 0.717) is 6.54 Å². The smallest absolute Gasteiger partial charge is 0.358 e. The van der Waals surface area contributed by atoms with Gasteiger partial charge in [-0.15, -0.1) is 0 Å². The Bertz CT molecular complexity index is 283. The van der Waals surface area contributed by atoms with E-state index in [-0.39, 0.29) is 11.1 Å². The number of rotatable bonds is 2. The highest BCUT2D eigenvalue weighted by molar-refractivity contribution is 6.28. The zero-order valence-corrected chi connectivity index (χ0v) is 6.58. The van der Waals surface area contributed by atoms with Crippen molar-refractivity contribution >= 4 is 17.4 Å². The highest BCUT2D eigenvalue weighted by Crippen LogP contribution is 2.14. The molecule has 60 valence electrons. The lowest BCUT2D eigenvalue weighted by molar-refractivity contribution is -0.389. The predicted octanol–water partition coefficient (Wildman–Crippen LogP) is 1.46. The number of halogens is 1. The highest BCUT2D eigenvalue weighted by atomic mass is 35.5. The number of imidazole rings is 1. The quantitative estimate of drug-likeness (QED) is 0.505. The fraction of sp³-hybridized carbons (Fsp3) is 0.400. The molecule has 6 heteroatoms. The second kappa shape index (κ2) is 2.87. The van der Waals surface area contributed by atoms with Gasteiger partial charge in [-0.3, -0.25) is 4.57 Å². The third-order valence-corrected chi connectivity index (χ3v) is 1.54. The molecule has 0 amide bonds. The van der Waals surface area contributed by atoms with Gasteiger partial charge in [-0.25, -0.2) is 0 Å². The summed E-state index contributed by atoms with van der Waals surface area (Å²) >= 11 is 5.54. The van der Waals surface area contributed by atoms with Gasteiger partial charge in [0.1, 0.15) is 6.20 Å². The van der Waals surface area contributed by atoms with Crippen LogP contribution in [-0.4, -0.2) is 14.5 Å². The molecule has 0 atom stereocenters. The molecular formula is C5H6ClN3O2. The van der Waals surface area contributed by atoms with Crippen LogP contribution in [0, 0.1) is 10.1 Å². The fourth-order valence-corrected chi connectivity index (χ4v) is 0.945. The molecule has 0 saturated carbocycles. The molecule has 0 radical (unpaired) electrons. The van der Waals surface area contributed by atoms with E-state index in [9.17, 15) is 10.1 Å². The lowest BCUT2D eigenvalue weighted by atomic mass is 10.7. The topological polar surface area (TPSA) is 61.0 Å². The highest BCUT2D eigenvalue weighted by Gasteiger charge is 2.14. The summed E-state index contributed by atoms with van der Waals surface area (Å²) in [6.07, 6.45) is 1.31. The summed E-state index contributed by atoms with van der Waals surface area (Å²) in [5.41, 5.74) is 0. The maximum atomic E-state index is 10.2. The number of nitrogens with zero attached hydrogens (tertiary/aromatic N) is 3. The van der Waals surface area contributed by atoms with Crippen molar-refractivity contribution in [3.63, 3.8) is 0 Å². The lowest BCUT2D eigenvalue weighted by Gasteiger charge is -1.89. The number of hydrogen-bond donors (Lipinski definition) is 0. The van der Waals surface area contributed by atoms with Crippen LogP contribution in [-0.2, 0) is 6.54 Å². The van der Waals surface area contributed by atoms with Crippen LogP contribution in [0.5, 0.6) is 0 Å². The Morgan fingerprint density at radius 1 is 1.91 bits per heavy atom. The lowest BCUT2D eigenvalue weighted by Crippen LogP contribution is -1.90. The van der Waals surface area contributed by atoms with Crippen LogP contribution < -0.4 is 0 Å². The summed E-state index contributed by atoms with van der Waals surface area (Å²) in [7, 11) is 0. The van der Waals surface area contributed by atoms with Crippen molar-refractivity contribution < 1.29 is 4.92 Å². The third kappa shape index (κ3) is 1.48. The Kier molecular flexibility index (Phi) is 2.09. The predicted molar refractivity (Wildman–Crippen MR) is 39.6 cm³/mol. The summed E-state index contributed by atoms with van der Waals surface area (Å²) in [6.45, 7) is 2.41. The van der Waals surface area contributed by atoms with Crippen molar-refractivity contribution in [3.05, 3.63) is 21.6 Å². The van der Waals surface area contributed by atoms with E-state index >= 15 is 0 Å². The molecule has 1 aromatic rings. The van der Waals surface area contributed by atoms with Crippen molar-refractivity contribution in [1.82, 2.24) is 9.55 Å². The third-order valence-electron chi connectivity index (χ3n) is 1.24. The van der Waals surface area contributed by atoms with Crippen LogP contribution in [0.3, 0.4) is 0 Å². The van der Waals surface area contributed by atoms with E-state index in [1.165, 1.54) is 10.8 Å². The maximum Gasteiger partial charge on any atom is 0.383 e. The molecule has 0 unspecified atom stereocenters. The van der Waals surface area contributed by atoms with Crippen LogP contribution >= 0.6 is 11.6 Å². The van der Waals surface area contributed by atoms with E-state index in [1.807, 2.05) is 6.92 Å². The van der Waals surface area contributed by atoms with Gasteiger partial charge in [-0.1, -0.05) is 0 Å². The Morgan fingerprint density at radius 3 is 2.82 bits per heavy atom. The number of nitro groups is 1. The average molecular weight is 176 g/mol. The van der Waals surface area contributed by atoms with Crippen LogP contribution in [0.25, 0.3) is 0 Å². The monoisotopic (exact) mass is 175 g/mol. The summed E-state index contributed by atoms with van der Waals surface area (Å²) in [5, 5.41) is 10.3. The van der Waals surface area contributed by atoms with Gasteiger partial charge in [0.2, 0.25) is 0 Å². The average Bonchev–Trinajstić information content (AvgIpc) is 2.31. The first-order valence-electron chi connectivity index (χ1n) is 3.02. The van der Waals surface area contributed by atoms with E-state index in [1.54, 1.807) is 0 Å². The van der Waals surface area contributed by atoms with Crippen molar-refractivity contribution in [3.8, 4) is 0 Å². The van der Waals surface area contributed by atoms with Gasteiger partial charge in [0.25, 0.3) is 0 Å². The van der Waals surface area contributed by atoms with Crippen molar-refractivity contribution in [1.29, 1.82) is 0 Å². The molecule has 0 bridgehead atoms. The molecule has 0 aliphatic rings. The van der Waals surface area contributed by atoms with Gasteiger partial charge in [0, 0.05) is 6.54 Å². The molecule has 0 N–H and O–H groups in total. The number of aryl methyl sites for hydroxylation is 1. The maximum absolute atomic E-state index is 10.2. The molecule has 0 saturated heterocycles. The summed E-state index contributed by atoms with van der Waals surface area (Å²) in [5.74, 6) is -0.211. The van der Waals surface area contributed by atoms with Gasteiger partial charge in [0.05, 0.1) is 0 Å². The second-order valence-electron chi connectivity index (χ2n) is 1.91. The van der Waals surface area contributed by atoms with Gasteiger partial charge < -0.3 is 10.1 Å². The largest absolute Gasteiger partial charge is 0.383 e. The van der Waals surface area contributed by atoms with Crippen LogP contribution in [0.15, 0.2) is 6.20 Å². The van der Waals surface area contributed by atoms with Crippen molar-refractivity contribution in [2.45, 2.75) is 13.5 Å². The SMILES string of the molecule is CCn1cc([N+](=O)[O-])nc1Cl. The van der Waals surface area contributed by atoms with Gasteiger partial charge >= 0.3 is 11.1 Å². The van der Waals surface area contributed by atoms with Crippen molar-refractivity contribution in [2.75, 3.05) is 0 Å². The zero-order chi connectivity index (χ0) is 8.43. The summed E-state index contributed by atoms with van der Waals surface area (Å²) in [4.78, 5) is 13.1. The first-order chi connectivity index (χ1) is 5.15. The minimum absolute atomic E-state index is 0.152. The van der Waals surface area contributed by atoms with Gasteiger partial charge in [0.15, 0.2) is 0 Å². The number of hydrogen-bond acceptors (Lipinski definition) is 3. The molecule has 0 aliphatic carbocycles. The molecule has 1 heterocycles. The van der Waals surface area contributed by atoms with Crippen LogP contribution in [0.1, 0.15) is 6.92 Å². The molecule has 11 heavy (non-hydrogen) atoms. The Morgan fingerprint density at radius 2 is 2.55 bits per heavy atom. The molecule has 5 nitrogen and oxygen atoms in total. The van der Waals surface area contributed by atoms with Crippen LogP contribution in [0.2, 0.25) is 5.28 Å². The Hall–Kier alpha value is -1.10.